The molecule has 2 saturated carbocycles. The van der Waals surface area contributed by atoms with E-state index in [0.717, 1.165) is 32.1 Å². The van der Waals surface area contributed by atoms with Crippen LogP contribution in [0, 0.1) is 23.2 Å². The Morgan fingerprint density at radius 1 is 1.00 bits per heavy atom. The highest BCUT2D eigenvalue weighted by Gasteiger charge is 2.59. The Kier molecular flexibility index (Phi) is 3.46. The zero-order valence-electron chi connectivity index (χ0n) is 13.3. The Labute approximate surface area is 131 Å². The zero-order valence-corrected chi connectivity index (χ0v) is 13.3. The fourth-order valence-electron chi connectivity index (χ4n) is 6.20. The van der Waals surface area contributed by atoms with Gasteiger partial charge in [-0.15, -0.1) is 0 Å². The van der Waals surface area contributed by atoms with Gasteiger partial charge in [-0.05, 0) is 68.1 Å². The first-order valence-electron chi connectivity index (χ1n) is 8.85. The van der Waals surface area contributed by atoms with Crippen LogP contribution >= 0.6 is 0 Å². The number of aliphatic hydroxyl groups excluding tert-OH is 4. The molecule has 0 saturated heterocycles. The molecule has 0 amide bonds. The third kappa shape index (κ3) is 1.97. The number of aliphatic hydroxyl groups is 4. The molecule has 4 rings (SSSR count). The molecule has 8 atom stereocenters. The second-order valence-electron chi connectivity index (χ2n) is 8.38. The quantitative estimate of drug-likeness (QED) is 0.510. The van der Waals surface area contributed by atoms with Crippen LogP contribution < -0.4 is 0 Å². The van der Waals surface area contributed by atoms with Crippen molar-refractivity contribution in [3.8, 4) is 0 Å². The van der Waals surface area contributed by atoms with Gasteiger partial charge < -0.3 is 20.4 Å². The SMILES string of the molecule is C[C@]12CCC3C4=C(C[C@@H](O)CC4)C[C@H](O)C3C1C[C@@H](O)[C@@H]2O. The van der Waals surface area contributed by atoms with Gasteiger partial charge >= 0.3 is 0 Å². The minimum atomic E-state index is -0.658. The van der Waals surface area contributed by atoms with Crippen LogP contribution in [0.2, 0.25) is 0 Å². The maximum absolute atomic E-state index is 10.8. The van der Waals surface area contributed by atoms with Gasteiger partial charge in [-0.3, -0.25) is 0 Å². The van der Waals surface area contributed by atoms with Crippen molar-refractivity contribution in [2.45, 2.75) is 76.3 Å². The summed E-state index contributed by atoms with van der Waals surface area (Å²) < 4.78 is 0. The van der Waals surface area contributed by atoms with E-state index in [9.17, 15) is 20.4 Å². The Morgan fingerprint density at radius 3 is 2.55 bits per heavy atom. The maximum atomic E-state index is 10.8. The van der Waals surface area contributed by atoms with Crippen LogP contribution in [0.4, 0.5) is 0 Å². The molecule has 4 nitrogen and oxygen atoms in total. The van der Waals surface area contributed by atoms with E-state index in [2.05, 4.69) is 6.92 Å². The molecule has 3 unspecified atom stereocenters. The number of hydrogen-bond acceptors (Lipinski definition) is 4. The summed E-state index contributed by atoms with van der Waals surface area (Å²) in [5, 5.41) is 41.3. The highest BCUT2D eigenvalue weighted by atomic mass is 16.3. The number of rotatable bonds is 0. The molecule has 0 bridgehead atoms. The van der Waals surface area contributed by atoms with Gasteiger partial charge in [0.05, 0.1) is 24.4 Å². The van der Waals surface area contributed by atoms with E-state index in [1.54, 1.807) is 0 Å². The van der Waals surface area contributed by atoms with E-state index in [1.165, 1.54) is 11.1 Å². The monoisotopic (exact) mass is 308 g/mol. The third-order valence-electron chi connectivity index (χ3n) is 7.34. The Bertz CT molecular complexity index is 501. The van der Waals surface area contributed by atoms with Crippen molar-refractivity contribution in [2.24, 2.45) is 23.2 Å². The molecular formula is C18H28O4. The highest BCUT2D eigenvalue weighted by molar-refractivity contribution is 5.29. The normalized spacial score (nSPS) is 54.7. The summed E-state index contributed by atoms with van der Waals surface area (Å²) in [6.45, 7) is 2.09. The second kappa shape index (κ2) is 5.04. The van der Waals surface area contributed by atoms with Crippen molar-refractivity contribution in [3.63, 3.8) is 0 Å². The Hall–Kier alpha value is -0.420. The van der Waals surface area contributed by atoms with E-state index in [0.29, 0.717) is 18.8 Å². The molecule has 0 aromatic heterocycles. The van der Waals surface area contributed by atoms with Gasteiger partial charge in [0.15, 0.2) is 0 Å². The van der Waals surface area contributed by atoms with Gasteiger partial charge in [0.25, 0.3) is 0 Å². The predicted molar refractivity (Wildman–Crippen MR) is 81.9 cm³/mol. The minimum absolute atomic E-state index is 0.166. The summed E-state index contributed by atoms with van der Waals surface area (Å²) >= 11 is 0. The minimum Gasteiger partial charge on any atom is -0.393 e. The number of hydrogen-bond donors (Lipinski definition) is 4. The largest absolute Gasteiger partial charge is 0.393 e. The summed E-state index contributed by atoms with van der Waals surface area (Å²) in [5.41, 5.74) is 2.52. The molecule has 0 heterocycles. The summed E-state index contributed by atoms with van der Waals surface area (Å²) in [7, 11) is 0. The van der Waals surface area contributed by atoms with Gasteiger partial charge in [-0.1, -0.05) is 18.1 Å². The van der Waals surface area contributed by atoms with Gasteiger partial charge in [0.2, 0.25) is 0 Å². The van der Waals surface area contributed by atoms with Crippen molar-refractivity contribution < 1.29 is 20.4 Å². The molecule has 0 aromatic carbocycles. The first-order valence-corrected chi connectivity index (χ1v) is 8.85. The third-order valence-corrected chi connectivity index (χ3v) is 7.34. The van der Waals surface area contributed by atoms with Crippen LogP contribution in [0.15, 0.2) is 11.1 Å². The average Bonchev–Trinajstić information content (AvgIpc) is 2.70. The fraction of sp³-hybridized carbons (Fsp3) is 0.889. The first kappa shape index (κ1) is 15.1. The molecule has 4 N–H and O–H groups in total. The van der Waals surface area contributed by atoms with E-state index in [4.69, 9.17) is 0 Å². The number of fused-ring (bicyclic) bond motifs is 4. The molecule has 0 aromatic rings. The molecule has 0 radical (unpaired) electrons. The van der Waals surface area contributed by atoms with E-state index < -0.39 is 18.3 Å². The smallest absolute Gasteiger partial charge is 0.0855 e. The number of allylic oxidation sites excluding steroid dienone is 1. The Balaban J connectivity index is 1.69. The van der Waals surface area contributed by atoms with Crippen LogP contribution in [-0.2, 0) is 0 Å². The van der Waals surface area contributed by atoms with Gasteiger partial charge in [0.1, 0.15) is 0 Å². The second-order valence-corrected chi connectivity index (χ2v) is 8.38. The molecule has 2 fully saturated rings. The zero-order chi connectivity index (χ0) is 15.6. The highest BCUT2D eigenvalue weighted by Crippen LogP contribution is 2.61. The van der Waals surface area contributed by atoms with Gasteiger partial charge in [-0.2, -0.15) is 0 Å². The van der Waals surface area contributed by atoms with Crippen LogP contribution in [-0.4, -0.2) is 44.8 Å². The van der Waals surface area contributed by atoms with E-state index >= 15 is 0 Å². The predicted octanol–water partition coefficient (Wildman–Crippen LogP) is 1.37. The van der Waals surface area contributed by atoms with Gasteiger partial charge in [0, 0.05) is 0 Å². The fourth-order valence-corrected chi connectivity index (χ4v) is 6.20. The van der Waals surface area contributed by atoms with Crippen LogP contribution in [0.1, 0.15) is 51.9 Å². The molecule has 0 spiro atoms. The average molecular weight is 308 g/mol. The van der Waals surface area contributed by atoms with Crippen LogP contribution in [0.5, 0.6) is 0 Å². The molecular weight excluding hydrogens is 280 g/mol. The summed E-state index contributed by atoms with van der Waals surface area (Å²) in [5.74, 6) is 0.758. The summed E-state index contributed by atoms with van der Waals surface area (Å²) in [6, 6.07) is 0. The summed E-state index contributed by atoms with van der Waals surface area (Å²) in [6.07, 6.45) is 3.78. The molecule has 4 aliphatic rings. The van der Waals surface area contributed by atoms with Gasteiger partial charge in [-0.25, -0.2) is 0 Å². The lowest BCUT2D eigenvalue weighted by atomic mass is 9.53. The summed E-state index contributed by atoms with van der Waals surface area (Å²) in [4.78, 5) is 0. The van der Waals surface area contributed by atoms with Crippen molar-refractivity contribution in [2.75, 3.05) is 0 Å². The molecule has 22 heavy (non-hydrogen) atoms. The van der Waals surface area contributed by atoms with E-state index in [1.807, 2.05) is 0 Å². The van der Waals surface area contributed by atoms with Crippen molar-refractivity contribution in [3.05, 3.63) is 11.1 Å². The molecule has 124 valence electrons. The van der Waals surface area contributed by atoms with Crippen molar-refractivity contribution in [1.82, 2.24) is 0 Å². The van der Waals surface area contributed by atoms with Crippen molar-refractivity contribution in [1.29, 1.82) is 0 Å². The lowest BCUT2D eigenvalue weighted by molar-refractivity contribution is -0.0837. The lowest BCUT2D eigenvalue weighted by Crippen LogP contribution is -2.50. The van der Waals surface area contributed by atoms with E-state index in [-0.39, 0.29) is 23.4 Å². The first-order chi connectivity index (χ1) is 10.4. The maximum Gasteiger partial charge on any atom is 0.0855 e. The topological polar surface area (TPSA) is 80.9 Å². The van der Waals surface area contributed by atoms with Crippen LogP contribution in [0.3, 0.4) is 0 Å². The Morgan fingerprint density at radius 2 is 1.77 bits per heavy atom. The van der Waals surface area contributed by atoms with Crippen LogP contribution in [0.25, 0.3) is 0 Å². The molecule has 4 heteroatoms. The van der Waals surface area contributed by atoms with Crippen molar-refractivity contribution >= 4 is 0 Å². The lowest BCUT2D eigenvalue weighted by Gasteiger charge is -2.53. The molecule has 4 aliphatic carbocycles. The molecule has 0 aliphatic heterocycles. The standard InChI is InChI=1S/C18H28O4/c1-18-5-4-12-11-3-2-10(19)6-9(11)7-14(20)16(12)13(18)8-15(21)17(18)22/h10,12-17,19-22H,2-8H2,1H3/t10-,12?,13?,14-,15+,16?,17-,18-/m0/s1.